The van der Waals surface area contributed by atoms with Crippen LogP contribution in [0, 0.1) is 11.8 Å². The van der Waals surface area contributed by atoms with Crippen molar-refractivity contribution in [2.45, 2.75) is 26.2 Å². The first-order valence-electron chi connectivity index (χ1n) is 8.53. The number of para-hydroxylation sites is 1. The monoisotopic (exact) mass is 354 g/mol. The van der Waals surface area contributed by atoms with Crippen LogP contribution >= 0.6 is 0 Å². The molecule has 1 fully saturated rings. The lowest BCUT2D eigenvalue weighted by Gasteiger charge is -2.31. The Morgan fingerprint density at radius 1 is 1.33 bits per heavy atom. The van der Waals surface area contributed by atoms with Crippen LogP contribution in [0.1, 0.15) is 25.3 Å². The first kappa shape index (κ1) is 17.5. The molecule has 0 amide bonds. The van der Waals surface area contributed by atoms with E-state index in [-0.39, 0.29) is 5.92 Å². The van der Waals surface area contributed by atoms with E-state index in [2.05, 4.69) is 11.6 Å². The predicted octanol–water partition coefficient (Wildman–Crippen LogP) is 1.81. The topological polar surface area (TPSA) is 67.9 Å². The van der Waals surface area contributed by atoms with Gasteiger partial charge in [-0.3, -0.25) is 0 Å². The van der Waals surface area contributed by atoms with Crippen molar-refractivity contribution in [2.75, 3.05) is 33.4 Å². The third-order valence-electron chi connectivity index (χ3n) is 4.89. The van der Waals surface area contributed by atoms with E-state index in [1.54, 1.807) is 11.4 Å². The highest BCUT2D eigenvalue weighted by Gasteiger charge is 2.28. The van der Waals surface area contributed by atoms with E-state index in [4.69, 9.17) is 9.47 Å². The molecule has 1 aromatic carbocycles. The molecule has 6 nitrogen and oxygen atoms in total. The van der Waals surface area contributed by atoms with Gasteiger partial charge in [-0.1, -0.05) is 19.1 Å². The molecule has 7 heteroatoms. The second-order valence-corrected chi connectivity index (χ2v) is 8.52. The van der Waals surface area contributed by atoms with Crippen LogP contribution in [-0.4, -0.2) is 46.1 Å². The van der Waals surface area contributed by atoms with Crippen LogP contribution in [0.15, 0.2) is 18.2 Å². The van der Waals surface area contributed by atoms with Gasteiger partial charge in [0.2, 0.25) is 0 Å². The van der Waals surface area contributed by atoms with Gasteiger partial charge in [0, 0.05) is 25.6 Å². The lowest BCUT2D eigenvalue weighted by atomic mass is 9.96. The molecule has 0 bridgehead atoms. The van der Waals surface area contributed by atoms with E-state index in [1.807, 2.05) is 18.2 Å². The van der Waals surface area contributed by atoms with Gasteiger partial charge in [0.15, 0.2) is 11.5 Å². The zero-order valence-corrected chi connectivity index (χ0v) is 15.1. The van der Waals surface area contributed by atoms with Crippen molar-refractivity contribution in [3.05, 3.63) is 23.8 Å². The number of ether oxygens (including phenoxy) is 2. The largest absolute Gasteiger partial charge is 0.493 e. The van der Waals surface area contributed by atoms with E-state index < -0.39 is 10.2 Å². The molecule has 0 aromatic heterocycles. The first-order valence-corrected chi connectivity index (χ1v) is 9.97. The fourth-order valence-electron chi connectivity index (χ4n) is 3.29. The highest BCUT2D eigenvalue weighted by molar-refractivity contribution is 7.87. The molecule has 1 atom stereocenters. The molecule has 0 radical (unpaired) electrons. The van der Waals surface area contributed by atoms with Gasteiger partial charge >= 0.3 is 0 Å². The molecule has 0 saturated carbocycles. The van der Waals surface area contributed by atoms with Crippen molar-refractivity contribution in [2.24, 2.45) is 11.8 Å². The summed E-state index contributed by atoms with van der Waals surface area (Å²) in [7, 11) is -1.77. The quantitative estimate of drug-likeness (QED) is 0.876. The molecule has 1 N–H and O–H groups in total. The summed E-state index contributed by atoms with van der Waals surface area (Å²) in [6.07, 6.45) is 2.65. The molecule has 0 spiro atoms. The molecule has 24 heavy (non-hydrogen) atoms. The molecule has 2 aliphatic heterocycles. The van der Waals surface area contributed by atoms with Crippen LogP contribution in [0.5, 0.6) is 11.5 Å². The van der Waals surface area contributed by atoms with Crippen LogP contribution < -0.4 is 14.2 Å². The van der Waals surface area contributed by atoms with Crippen LogP contribution in [0.2, 0.25) is 0 Å². The molecule has 134 valence electrons. The summed E-state index contributed by atoms with van der Waals surface area (Å²) in [6, 6.07) is 5.81. The number of methoxy groups -OCH3 is 1. The van der Waals surface area contributed by atoms with Crippen molar-refractivity contribution in [3.63, 3.8) is 0 Å². The van der Waals surface area contributed by atoms with Crippen LogP contribution in [0.25, 0.3) is 0 Å². The number of nitrogens with one attached hydrogen (secondary N) is 1. The Balaban J connectivity index is 1.57. The Kier molecular flexibility index (Phi) is 5.32. The lowest BCUT2D eigenvalue weighted by molar-refractivity contribution is 0.212. The number of hydrogen-bond acceptors (Lipinski definition) is 4. The third-order valence-corrected chi connectivity index (χ3v) is 6.47. The third kappa shape index (κ3) is 3.84. The SMILES string of the molecule is COc1cccc2c1OCC(CNS(=O)(=O)N1CCC(C)CC1)C2. The second kappa shape index (κ2) is 7.29. The van der Waals surface area contributed by atoms with Crippen molar-refractivity contribution < 1.29 is 17.9 Å². The minimum atomic E-state index is -3.39. The Morgan fingerprint density at radius 3 is 2.79 bits per heavy atom. The fourth-order valence-corrected chi connectivity index (χ4v) is 4.61. The number of hydrogen-bond donors (Lipinski definition) is 1. The molecule has 1 aromatic rings. The maximum absolute atomic E-state index is 12.4. The molecule has 2 aliphatic rings. The van der Waals surface area contributed by atoms with Gasteiger partial charge in [-0.25, -0.2) is 4.72 Å². The van der Waals surface area contributed by atoms with Gasteiger partial charge in [0.05, 0.1) is 13.7 Å². The Morgan fingerprint density at radius 2 is 2.08 bits per heavy atom. The minimum absolute atomic E-state index is 0.128. The maximum Gasteiger partial charge on any atom is 0.279 e. The summed E-state index contributed by atoms with van der Waals surface area (Å²) in [5.74, 6) is 2.25. The molecule has 0 aliphatic carbocycles. The average molecular weight is 354 g/mol. The highest BCUT2D eigenvalue weighted by Crippen LogP contribution is 2.35. The number of benzene rings is 1. The molecular formula is C17H26N2O4S. The van der Waals surface area contributed by atoms with Crippen LogP contribution in [-0.2, 0) is 16.6 Å². The zero-order valence-electron chi connectivity index (χ0n) is 14.3. The summed E-state index contributed by atoms with van der Waals surface area (Å²) in [4.78, 5) is 0. The van der Waals surface area contributed by atoms with Gasteiger partial charge in [-0.2, -0.15) is 12.7 Å². The zero-order chi connectivity index (χ0) is 17.2. The van der Waals surface area contributed by atoms with E-state index in [0.29, 0.717) is 32.2 Å². The molecular weight excluding hydrogens is 328 g/mol. The van der Waals surface area contributed by atoms with E-state index in [9.17, 15) is 8.42 Å². The van der Waals surface area contributed by atoms with Crippen LogP contribution in [0.4, 0.5) is 0 Å². The number of nitrogens with zero attached hydrogens (tertiary/aromatic N) is 1. The van der Waals surface area contributed by atoms with Crippen molar-refractivity contribution in [1.29, 1.82) is 0 Å². The van der Waals surface area contributed by atoms with Crippen LogP contribution in [0.3, 0.4) is 0 Å². The summed E-state index contributed by atoms with van der Waals surface area (Å²) in [6.45, 7) is 4.27. The van der Waals surface area contributed by atoms with E-state index >= 15 is 0 Å². The number of rotatable bonds is 5. The normalized spacial score (nSPS) is 22.7. The van der Waals surface area contributed by atoms with E-state index in [1.165, 1.54) is 0 Å². The number of fused-ring (bicyclic) bond motifs is 1. The molecule has 2 heterocycles. The molecule has 3 rings (SSSR count). The Hall–Kier alpha value is -1.31. The van der Waals surface area contributed by atoms with Crippen molar-refractivity contribution in [1.82, 2.24) is 9.03 Å². The highest BCUT2D eigenvalue weighted by atomic mass is 32.2. The van der Waals surface area contributed by atoms with Gasteiger partial charge in [-0.05, 0) is 36.8 Å². The van der Waals surface area contributed by atoms with Crippen molar-refractivity contribution >= 4 is 10.2 Å². The van der Waals surface area contributed by atoms with Gasteiger partial charge < -0.3 is 9.47 Å². The number of piperidine rings is 1. The molecule has 1 saturated heterocycles. The summed E-state index contributed by atoms with van der Waals surface area (Å²) < 4.78 is 40.3. The van der Waals surface area contributed by atoms with Gasteiger partial charge in [-0.15, -0.1) is 0 Å². The van der Waals surface area contributed by atoms with Gasteiger partial charge in [0.1, 0.15) is 0 Å². The smallest absolute Gasteiger partial charge is 0.279 e. The van der Waals surface area contributed by atoms with E-state index in [0.717, 1.165) is 36.3 Å². The maximum atomic E-state index is 12.4. The first-order chi connectivity index (χ1) is 11.5. The Bertz CT molecular complexity index is 669. The molecule has 1 unspecified atom stereocenters. The standard InChI is InChI=1S/C17H26N2O4S/c1-13-6-8-19(9-7-13)24(20,21)18-11-14-10-15-4-3-5-16(22-2)17(15)23-12-14/h3-5,13-14,18H,6-12H2,1-2H3. The lowest BCUT2D eigenvalue weighted by Crippen LogP contribution is -2.46. The van der Waals surface area contributed by atoms with Gasteiger partial charge in [0.25, 0.3) is 10.2 Å². The minimum Gasteiger partial charge on any atom is -0.493 e. The fraction of sp³-hybridized carbons (Fsp3) is 0.647. The Labute approximate surface area is 144 Å². The predicted molar refractivity (Wildman–Crippen MR) is 92.6 cm³/mol. The summed E-state index contributed by atoms with van der Waals surface area (Å²) in [5.41, 5.74) is 1.07. The van der Waals surface area contributed by atoms with Crippen molar-refractivity contribution in [3.8, 4) is 11.5 Å². The second-order valence-electron chi connectivity index (χ2n) is 6.76. The average Bonchev–Trinajstić information content (AvgIpc) is 2.59. The summed E-state index contributed by atoms with van der Waals surface area (Å²) >= 11 is 0. The summed E-state index contributed by atoms with van der Waals surface area (Å²) in [5, 5.41) is 0.